The van der Waals surface area contributed by atoms with E-state index in [1.807, 2.05) is 29.6 Å². The number of hydrogen-bond donors (Lipinski definition) is 0. The zero-order valence-electron chi connectivity index (χ0n) is 21.5. The minimum absolute atomic E-state index is 0.0140. The van der Waals surface area contributed by atoms with E-state index in [1.54, 1.807) is 39.8 Å². The van der Waals surface area contributed by atoms with E-state index >= 15 is 0 Å². The van der Waals surface area contributed by atoms with Gasteiger partial charge in [0.25, 0.3) is 5.69 Å². The molecule has 0 amide bonds. The highest BCUT2D eigenvalue weighted by atomic mass is 32.1. The molecule has 10 heteroatoms. The maximum Gasteiger partial charge on any atom is 0.336 e. The summed E-state index contributed by atoms with van der Waals surface area (Å²) in [6.45, 7) is 7.37. The van der Waals surface area contributed by atoms with Gasteiger partial charge in [0.2, 0.25) is 0 Å². The third-order valence-corrected chi connectivity index (χ3v) is 7.13. The van der Waals surface area contributed by atoms with E-state index in [2.05, 4.69) is 4.99 Å². The Balaban J connectivity index is 1.75. The molecule has 0 spiro atoms. The van der Waals surface area contributed by atoms with Gasteiger partial charge in [-0.1, -0.05) is 18.2 Å². The van der Waals surface area contributed by atoms with Gasteiger partial charge in [0.15, 0.2) is 0 Å². The van der Waals surface area contributed by atoms with E-state index in [0.29, 0.717) is 22.7 Å². The molecule has 1 aromatic heterocycles. The molecule has 0 radical (unpaired) electrons. The number of rotatable bonds is 8. The SMILES string of the molecule is CCOC(=O)C1=C(C)N=C(C)C(C(=O)OCC)C1c1cccc(-c2nc(-c3ccc([N+](=O)[O-])cc3)cs2)c1. The van der Waals surface area contributed by atoms with Crippen LogP contribution >= 0.6 is 11.3 Å². The molecule has 1 aliphatic rings. The lowest BCUT2D eigenvalue weighted by molar-refractivity contribution is -0.384. The molecule has 0 N–H and O–H groups in total. The van der Waals surface area contributed by atoms with Gasteiger partial charge < -0.3 is 9.47 Å². The summed E-state index contributed by atoms with van der Waals surface area (Å²) in [7, 11) is 0. The molecule has 9 nitrogen and oxygen atoms in total. The molecule has 4 rings (SSSR count). The molecule has 0 fully saturated rings. The Morgan fingerprint density at radius 1 is 1.03 bits per heavy atom. The van der Waals surface area contributed by atoms with Crippen LogP contribution in [-0.2, 0) is 19.1 Å². The van der Waals surface area contributed by atoms with Crippen molar-refractivity contribution in [1.29, 1.82) is 0 Å². The van der Waals surface area contributed by atoms with Crippen LogP contribution in [-0.4, -0.2) is 40.8 Å². The summed E-state index contributed by atoms with van der Waals surface area (Å²) in [5.41, 5.74) is 4.43. The van der Waals surface area contributed by atoms with Crippen molar-refractivity contribution in [2.24, 2.45) is 10.9 Å². The third kappa shape index (κ3) is 5.40. The number of non-ortho nitro benzene ring substituents is 1. The van der Waals surface area contributed by atoms with Gasteiger partial charge in [-0.2, -0.15) is 0 Å². The fourth-order valence-corrected chi connectivity index (χ4v) is 5.39. The number of nitro benzene ring substituents is 1. The summed E-state index contributed by atoms with van der Waals surface area (Å²) in [5.74, 6) is -2.38. The monoisotopic (exact) mass is 533 g/mol. The van der Waals surface area contributed by atoms with Gasteiger partial charge in [-0.25, -0.2) is 9.78 Å². The first kappa shape index (κ1) is 26.9. The highest BCUT2D eigenvalue weighted by Gasteiger charge is 2.42. The molecular weight excluding hydrogens is 506 g/mol. The molecule has 3 aromatic rings. The zero-order valence-corrected chi connectivity index (χ0v) is 22.3. The maximum atomic E-state index is 13.1. The lowest BCUT2D eigenvalue weighted by Crippen LogP contribution is -2.36. The fourth-order valence-electron chi connectivity index (χ4n) is 4.57. The normalized spacial score (nSPS) is 17.1. The highest BCUT2D eigenvalue weighted by molar-refractivity contribution is 7.13. The number of carbonyl (C=O) groups excluding carboxylic acids is 2. The molecule has 0 bridgehead atoms. The lowest BCUT2D eigenvalue weighted by atomic mass is 9.75. The molecule has 38 heavy (non-hydrogen) atoms. The molecule has 2 unspecified atom stereocenters. The second-order valence-corrected chi connectivity index (χ2v) is 9.51. The number of carbonyl (C=O) groups is 2. The first-order valence-electron chi connectivity index (χ1n) is 12.2. The van der Waals surface area contributed by atoms with Crippen molar-refractivity contribution < 1.29 is 24.0 Å². The summed E-state index contributed by atoms with van der Waals surface area (Å²) in [4.78, 5) is 45.9. The third-order valence-electron chi connectivity index (χ3n) is 6.23. The zero-order chi connectivity index (χ0) is 27.4. The van der Waals surface area contributed by atoms with Crippen LogP contribution in [0.2, 0.25) is 0 Å². The molecule has 2 aromatic carbocycles. The standard InChI is InChI=1S/C28H27N3O6S/c1-5-36-27(32)23-16(3)29-17(4)24(28(33)37-6-2)25(23)19-8-7-9-20(14-19)26-30-22(15-38-26)18-10-12-21(13-11-18)31(34)35/h7-15,23,25H,5-6H2,1-4H3. The molecule has 2 atom stereocenters. The van der Waals surface area contributed by atoms with Crippen LogP contribution in [0.1, 0.15) is 39.2 Å². The van der Waals surface area contributed by atoms with E-state index in [-0.39, 0.29) is 18.9 Å². The summed E-state index contributed by atoms with van der Waals surface area (Å²) in [6, 6.07) is 13.8. The van der Waals surface area contributed by atoms with Gasteiger partial charge in [-0.3, -0.25) is 19.9 Å². The van der Waals surface area contributed by atoms with Crippen molar-refractivity contribution in [1.82, 2.24) is 4.98 Å². The molecule has 1 aliphatic heterocycles. The largest absolute Gasteiger partial charge is 0.465 e. The Bertz CT molecular complexity index is 1440. The Kier molecular flexibility index (Phi) is 8.11. The van der Waals surface area contributed by atoms with Crippen LogP contribution in [0.5, 0.6) is 0 Å². The second-order valence-electron chi connectivity index (χ2n) is 8.65. The smallest absolute Gasteiger partial charge is 0.336 e. The first-order chi connectivity index (χ1) is 18.2. The number of aromatic nitrogens is 1. The van der Waals surface area contributed by atoms with Crippen molar-refractivity contribution in [3.63, 3.8) is 0 Å². The van der Waals surface area contributed by atoms with Crippen molar-refractivity contribution in [3.8, 4) is 21.8 Å². The van der Waals surface area contributed by atoms with E-state index < -0.39 is 28.7 Å². The van der Waals surface area contributed by atoms with Gasteiger partial charge >= 0.3 is 11.9 Å². The Morgan fingerprint density at radius 3 is 2.39 bits per heavy atom. The maximum absolute atomic E-state index is 13.1. The van der Waals surface area contributed by atoms with Gasteiger partial charge in [0.1, 0.15) is 10.9 Å². The minimum Gasteiger partial charge on any atom is -0.465 e. The number of esters is 2. The average Bonchev–Trinajstić information content (AvgIpc) is 3.39. The van der Waals surface area contributed by atoms with Crippen LogP contribution in [0.15, 0.2) is 70.2 Å². The molecule has 2 heterocycles. The average molecular weight is 534 g/mol. The molecule has 0 saturated carbocycles. The van der Waals surface area contributed by atoms with Crippen LogP contribution in [0.25, 0.3) is 21.8 Å². The van der Waals surface area contributed by atoms with Crippen LogP contribution in [0.4, 0.5) is 5.69 Å². The topological polar surface area (TPSA) is 121 Å². The van der Waals surface area contributed by atoms with Crippen LogP contribution in [0.3, 0.4) is 0 Å². The van der Waals surface area contributed by atoms with Crippen molar-refractivity contribution in [2.45, 2.75) is 33.6 Å². The number of hydrogen-bond acceptors (Lipinski definition) is 9. The van der Waals surface area contributed by atoms with Crippen molar-refractivity contribution in [3.05, 3.63) is 80.9 Å². The van der Waals surface area contributed by atoms with E-state index in [9.17, 15) is 19.7 Å². The number of allylic oxidation sites excluding steroid dienone is 1. The van der Waals surface area contributed by atoms with Gasteiger partial charge in [-0.05, 0) is 51.5 Å². The number of ether oxygens (including phenoxy) is 2. The molecule has 0 saturated heterocycles. The van der Waals surface area contributed by atoms with E-state index in [1.165, 1.54) is 23.5 Å². The summed E-state index contributed by atoms with van der Waals surface area (Å²) in [5, 5.41) is 13.6. The van der Waals surface area contributed by atoms with E-state index in [4.69, 9.17) is 14.5 Å². The first-order valence-corrected chi connectivity index (χ1v) is 13.0. The number of benzene rings is 2. The Hall–Kier alpha value is -4.18. The predicted octanol–water partition coefficient (Wildman–Crippen LogP) is 5.96. The summed E-state index contributed by atoms with van der Waals surface area (Å²) < 4.78 is 10.7. The summed E-state index contributed by atoms with van der Waals surface area (Å²) >= 11 is 1.43. The number of aliphatic imine (C=N–C) groups is 1. The number of thiazole rings is 1. The molecule has 196 valence electrons. The van der Waals surface area contributed by atoms with E-state index in [0.717, 1.165) is 21.7 Å². The highest BCUT2D eigenvalue weighted by Crippen LogP contribution is 2.41. The van der Waals surface area contributed by atoms with Gasteiger partial charge in [0.05, 0.1) is 29.4 Å². The van der Waals surface area contributed by atoms with Gasteiger partial charge in [0, 0.05) is 46.0 Å². The summed E-state index contributed by atoms with van der Waals surface area (Å²) in [6.07, 6.45) is 0. The van der Waals surface area contributed by atoms with Crippen LogP contribution in [0, 0.1) is 16.0 Å². The van der Waals surface area contributed by atoms with Crippen LogP contribution < -0.4 is 0 Å². The minimum atomic E-state index is -0.778. The van der Waals surface area contributed by atoms with Crippen molar-refractivity contribution >= 4 is 34.7 Å². The quantitative estimate of drug-likeness (QED) is 0.199. The Labute approximate surface area is 224 Å². The Morgan fingerprint density at radius 2 is 1.74 bits per heavy atom. The molecular formula is C28H27N3O6S. The molecule has 0 aliphatic carbocycles. The predicted molar refractivity (Wildman–Crippen MR) is 145 cm³/mol. The number of nitro groups is 1. The van der Waals surface area contributed by atoms with Gasteiger partial charge in [-0.15, -0.1) is 11.3 Å². The second kappa shape index (κ2) is 11.5. The number of nitrogens with zero attached hydrogens (tertiary/aromatic N) is 3. The lowest BCUT2D eigenvalue weighted by Gasteiger charge is -2.31. The fraction of sp³-hybridized carbons (Fsp3) is 0.286. The van der Waals surface area contributed by atoms with Crippen molar-refractivity contribution in [2.75, 3.05) is 13.2 Å².